The number of benzene rings is 2. The summed E-state index contributed by atoms with van der Waals surface area (Å²) < 4.78 is 2.17. The van der Waals surface area contributed by atoms with Crippen LogP contribution in [0.1, 0.15) is 59.5 Å². The van der Waals surface area contributed by atoms with E-state index in [1.54, 1.807) is 35.6 Å². The van der Waals surface area contributed by atoms with Crippen molar-refractivity contribution < 1.29 is 19.5 Å². The molecule has 2 aromatic heterocycles. The first-order valence-corrected chi connectivity index (χ1v) is 15.5. The van der Waals surface area contributed by atoms with Crippen LogP contribution < -0.4 is 10.6 Å². The monoisotopic (exact) mass is 597 g/mol. The number of carbonyl (C=O) groups excluding carboxylic acids is 2. The number of aliphatic carboxylic acids is 1. The lowest BCUT2D eigenvalue weighted by Crippen LogP contribution is -2.58. The minimum absolute atomic E-state index is 0.284. The molecule has 2 fully saturated rings. The van der Waals surface area contributed by atoms with Gasteiger partial charge in [0, 0.05) is 59.9 Å². The largest absolute Gasteiger partial charge is 0.478 e. The van der Waals surface area contributed by atoms with Gasteiger partial charge in [-0.05, 0) is 73.7 Å². The number of likely N-dealkylation sites (N-methyl/N-ethyl adjacent to an activating group) is 1. The van der Waals surface area contributed by atoms with Gasteiger partial charge in [-0.2, -0.15) is 0 Å². The number of aryl methyl sites for hydroxylation is 1. The summed E-state index contributed by atoms with van der Waals surface area (Å²) in [6, 6.07) is 12.8. The number of thiazole rings is 1. The highest BCUT2D eigenvalue weighted by Gasteiger charge is 2.45. The fourth-order valence-corrected chi connectivity index (χ4v) is 7.29. The van der Waals surface area contributed by atoms with Gasteiger partial charge in [0.05, 0.1) is 5.69 Å². The van der Waals surface area contributed by atoms with E-state index >= 15 is 0 Å². The molecule has 43 heavy (non-hydrogen) atoms. The van der Waals surface area contributed by atoms with Crippen molar-refractivity contribution in [1.82, 2.24) is 19.8 Å². The molecule has 2 amide bonds. The van der Waals surface area contributed by atoms with Crippen LogP contribution in [0.2, 0.25) is 0 Å². The van der Waals surface area contributed by atoms with Gasteiger partial charge < -0.3 is 25.2 Å². The SMILES string of the molecule is CN1CC[C@@](NC(=O)c2ccc3c(C4CCCC4)c(-c4nccs4)n(C)c3c2)(C(=O)Nc2ccc(/C=C/C(=O)O)cc2)C1. The van der Waals surface area contributed by atoms with Gasteiger partial charge in [0.1, 0.15) is 10.5 Å². The standard InChI is InChI=1S/C33H35N5O4S/c1-37-17-15-33(20-37,32(42)35-24-11-7-21(8-12-24)9-14-27(39)40)36-30(41)23-10-13-25-26(19-23)38(2)29(31-34-16-18-43-31)28(25)22-5-3-4-6-22/h7-14,16,18-19,22H,3-6,15,17,20H2,1-2H3,(H,35,42)(H,36,41)(H,39,40)/b14-9+/t33-/m0/s1. The topological polar surface area (TPSA) is 117 Å². The molecule has 1 atom stereocenters. The Balaban J connectivity index is 1.27. The molecular formula is C33H35N5O4S. The molecule has 222 valence electrons. The first-order chi connectivity index (χ1) is 20.7. The summed E-state index contributed by atoms with van der Waals surface area (Å²) in [7, 11) is 3.98. The van der Waals surface area contributed by atoms with Crippen molar-refractivity contribution in [1.29, 1.82) is 0 Å². The maximum absolute atomic E-state index is 13.8. The summed E-state index contributed by atoms with van der Waals surface area (Å²) in [6.45, 7) is 1.06. The van der Waals surface area contributed by atoms with Gasteiger partial charge >= 0.3 is 5.97 Å². The van der Waals surface area contributed by atoms with E-state index in [9.17, 15) is 14.4 Å². The Bertz CT molecular complexity index is 1700. The summed E-state index contributed by atoms with van der Waals surface area (Å²) in [5.41, 5.74) is 4.13. The molecule has 0 spiro atoms. The number of anilines is 1. The number of rotatable bonds is 8. The molecule has 3 N–H and O–H groups in total. The van der Waals surface area contributed by atoms with E-state index in [1.807, 2.05) is 42.7 Å². The number of hydrogen-bond acceptors (Lipinski definition) is 6. The normalized spacial score (nSPS) is 19.4. The zero-order chi connectivity index (χ0) is 30.1. The highest BCUT2D eigenvalue weighted by Crippen LogP contribution is 2.45. The Kier molecular flexibility index (Phi) is 7.89. The zero-order valence-corrected chi connectivity index (χ0v) is 25.1. The molecule has 1 saturated heterocycles. The van der Waals surface area contributed by atoms with Crippen LogP contribution in [0.4, 0.5) is 5.69 Å². The molecule has 3 heterocycles. The molecule has 0 unspecified atom stereocenters. The Morgan fingerprint density at radius 3 is 2.51 bits per heavy atom. The van der Waals surface area contributed by atoms with Crippen molar-refractivity contribution >= 4 is 51.8 Å². The van der Waals surface area contributed by atoms with Crippen LogP contribution in [0.5, 0.6) is 0 Å². The minimum atomic E-state index is -1.10. The van der Waals surface area contributed by atoms with Gasteiger partial charge in [-0.25, -0.2) is 9.78 Å². The maximum atomic E-state index is 13.8. The van der Waals surface area contributed by atoms with Crippen LogP contribution in [-0.4, -0.2) is 63.0 Å². The van der Waals surface area contributed by atoms with Crippen LogP contribution in [-0.2, 0) is 16.6 Å². The zero-order valence-electron chi connectivity index (χ0n) is 24.3. The third-order valence-corrected chi connectivity index (χ3v) is 9.51. The van der Waals surface area contributed by atoms with Gasteiger partial charge in [-0.15, -0.1) is 11.3 Å². The van der Waals surface area contributed by atoms with Crippen molar-refractivity contribution in [2.45, 2.75) is 43.6 Å². The second-order valence-electron chi connectivity index (χ2n) is 11.6. The Labute approximate surface area is 254 Å². The van der Waals surface area contributed by atoms with Gasteiger partial charge in [0.2, 0.25) is 0 Å². The number of amides is 2. The number of carbonyl (C=O) groups is 3. The van der Waals surface area contributed by atoms with Crippen LogP contribution in [0, 0.1) is 0 Å². The van der Waals surface area contributed by atoms with E-state index in [1.165, 1.54) is 24.5 Å². The highest BCUT2D eigenvalue weighted by molar-refractivity contribution is 7.13. The third-order valence-electron chi connectivity index (χ3n) is 8.73. The Hall–Kier alpha value is -4.28. The molecule has 2 aromatic carbocycles. The minimum Gasteiger partial charge on any atom is -0.478 e. The number of likely N-dealkylation sites (tertiary alicyclic amines) is 1. The second kappa shape index (κ2) is 11.8. The van der Waals surface area contributed by atoms with E-state index < -0.39 is 11.5 Å². The number of carboxylic acid groups (broad SMARTS) is 1. The van der Waals surface area contributed by atoms with Crippen LogP contribution in [0.3, 0.4) is 0 Å². The molecule has 9 nitrogen and oxygen atoms in total. The summed E-state index contributed by atoms with van der Waals surface area (Å²) in [4.78, 5) is 44.9. The number of aromatic nitrogens is 2. The second-order valence-corrected chi connectivity index (χ2v) is 12.5. The molecule has 1 aliphatic heterocycles. The summed E-state index contributed by atoms with van der Waals surface area (Å²) >= 11 is 1.63. The predicted octanol–water partition coefficient (Wildman–Crippen LogP) is 5.50. The van der Waals surface area contributed by atoms with Crippen molar-refractivity contribution in [3.05, 3.63) is 76.8 Å². The fraction of sp³-hybridized carbons (Fsp3) is 0.333. The van der Waals surface area contributed by atoms with Gasteiger partial charge in [0.25, 0.3) is 11.8 Å². The molecular weight excluding hydrogens is 562 g/mol. The number of nitrogens with one attached hydrogen (secondary N) is 2. The predicted molar refractivity (Wildman–Crippen MR) is 169 cm³/mol. The molecule has 0 bridgehead atoms. The molecule has 1 aliphatic carbocycles. The van der Waals surface area contributed by atoms with Gasteiger partial charge in [-0.1, -0.05) is 31.0 Å². The van der Waals surface area contributed by atoms with Gasteiger partial charge in [-0.3, -0.25) is 9.59 Å². The van der Waals surface area contributed by atoms with E-state index in [-0.39, 0.29) is 11.8 Å². The summed E-state index contributed by atoms with van der Waals surface area (Å²) in [5.74, 6) is -1.12. The van der Waals surface area contributed by atoms with E-state index in [4.69, 9.17) is 5.11 Å². The van der Waals surface area contributed by atoms with E-state index in [2.05, 4.69) is 26.3 Å². The quantitative estimate of drug-likeness (QED) is 0.231. The van der Waals surface area contributed by atoms with E-state index in [0.29, 0.717) is 42.2 Å². The Morgan fingerprint density at radius 1 is 1.09 bits per heavy atom. The third kappa shape index (κ3) is 5.72. The fourth-order valence-electron chi connectivity index (χ4n) is 6.56. The smallest absolute Gasteiger partial charge is 0.328 e. The first-order valence-electron chi connectivity index (χ1n) is 14.6. The molecule has 2 aliphatic rings. The lowest BCUT2D eigenvalue weighted by molar-refractivity contribution is -0.131. The molecule has 6 rings (SSSR count). The van der Waals surface area contributed by atoms with Crippen molar-refractivity contribution in [3.8, 4) is 10.7 Å². The lowest BCUT2D eigenvalue weighted by Gasteiger charge is -2.29. The lowest BCUT2D eigenvalue weighted by atomic mass is 9.93. The van der Waals surface area contributed by atoms with Crippen molar-refractivity contribution in [2.24, 2.45) is 7.05 Å². The van der Waals surface area contributed by atoms with Crippen LogP contribution in [0.25, 0.3) is 27.7 Å². The average Bonchev–Trinajstić information content (AvgIpc) is 3.81. The molecule has 1 saturated carbocycles. The molecule has 0 radical (unpaired) electrons. The van der Waals surface area contributed by atoms with Crippen LogP contribution >= 0.6 is 11.3 Å². The maximum Gasteiger partial charge on any atom is 0.328 e. The number of carboxylic acids is 1. The molecule has 10 heteroatoms. The van der Waals surface area contributed by atoms with E-state index in [0.717, 1.165) is 40.5 Å². The van der Waals surface area contributed by atoms with Crippen LogP contribution in [0.15, 0.2) is 60.1 Å². The number of nitrogens with zero attached hydrogens (tertiary/aromatic N) is 3. The highest BCUT2D eigenvalue weighted by atomic mass is 32.1. The summed E-state index contributed by atoms with van der Waals surface area (Å²) in [5, 5.41) is 19.1. The summed E-state index contributed by atoms with van der Waals surface area (Å²) in [6.07, 6.45) is 9.64. The average molecular weight is 598 g/mol. The molecule has 4 aromatic rings. The number of hydrogen-bond donors (Lipinski definition) is 3. The Morgan fingerprint density at radius 2 is 1.86 bits per heavy atom. The van der Waals surface area contributed by atoms with Gasteiger partial charge in [0.15, 0.2) is 0 Å². The van der Waals surface area contributed by atoms with Crippen molar-refractivity contribution in [2.75, 3.05) is 25.5 Å². The number of fused-ring (bicyclic) bond motifs is 1. The van der Waals surface area contributed by atoms with Crippen molar-refractivity contribution in [3.63, 3.8) is 0 Å². The first kappa shape index (κ1) is 28.8.